The molecule has 5 rings (SSSR count). The smallest absolute Gasteiger partial charge is 0.282 e. The summed E-state index contributed by atoms with van der Waals surface area (Å²) in [4.78, 5) is 27.0. The van der Waals surface area contributed by atoms with Gasteiger partial charge in [-0.05, 0) is 90.2 Å². The number of thiophene rings is 1. The van der Waals surface area contributed by atoms with Crippen LogP contribution >= 0.6 is 11.3 Å². The van der Waals surface area contributed by atoms with E-state index in [0.29, 0.717) is 24.3 Å². The number of hydrogen-bond acceptors (Lipinski definition) is 3. The number of likely N-dealkylation sites (N-methyl/N-ethyl adjacent to an activating group) is 1. The maximum atomic E-state index is 14.5. The Morgan fingerprint density at radius 1 is 1.23 bits per heavy atom. The van der Waals surface area contributed by atoms with E-state index in [1.807, 2.05) is 5.38 Å². The molecule has 168 valence electrons. The van der Waals surface area contributed by atoms with Crippen LogP contribution in [0.4, 0.5) is 4.39 Å². The molecule has 3 saturated carbocycles. The fraction of sp³-hybridized carbons (Fsp3) is 0.680. The molecule has 31 heavy (non-hydrogen) atoms. The number of nitrogens with one attached hydrogen (secondary N) is 1. The molecule has 3 fully saturated rings. The minimum Gasteiger partial charge on any atom is -0.352 e. The van der Waals surface area contributed by atoms with E-state index in [4.69, 9.17) is 0 Å². The Morgan fingerprint density at radius 2 is 2.03 bits per heavy atom. The molecule has 1 aliphatic heterocycles. The molecule has 0 radical (unpaired) electrons. The normalized spacial score (nSPS) is 41.8. The predicted octanol–water partition coefficient (Wildman–Crippen LogP) is 4.92. The zero-order valence-corrected chi connectivity index (χ0v) is 19.5. The third kappa shape index (κ3) is 3.12. The zero-order chi connectivity index (χ0) is 22.0. The summed E-state index contributed by atoms with van der Waals surface area (Å²) < 4.78 is 14.5. The molecule has 4 nitrogen and oxygen atoms in total. The molecule has 1 aromatic rings. The fourth-order valence-corrected chi connectivity index (χ4v) is 8.63. The SMILES string of the molecule is CN1C(=O)C(F)=C[C@@]2(C)C1CC[C@@H]1[C@H]2CC[C@]2(C)C(C(=O)NCc3ccsc3)CC[C@@H]12. The average Bonchev–Trinajstić information content (AvgIpc) is 3.37. The zero-order valence-electron chi connectivity index (χ0n) is 18.7. The van der Waals surface area contributed by atoms with Gasteiger partial charge in [0.2, 0.25) is 5.91 Å². The largest absolute Gasteiger partial charge is 0.352 e. The van der Waals surface area contributed by atoms with Crippen molar-refractivity contribution in [3.63, 3.8) is 0 Å². The molecule has 7 atom stereocenters. The Kier molecular flexibility index (Phi) is 5.07. The van der Waals surface area contributed by atoms with Gasteiger partial charge in [-0.2, -0.15) is 11.3 Å². The average molecular weight is 445 g/mol. The minimum atomic E-state index is -0.590. The number of nitrogens with zero attached hydrogens (tertiary/aromatic N) is 1. The van der Waals surface area contributed by atoms with Crippen LogP contribution in [0.3, 0.4) is 0 Å². The minimum absolute atomic E-state index is 0.0156. The second-order valence-corrected chi connectivity index (χ2v) is 11.5. The summed E-state index contributed by atoms with van der Waals surface area (Å²) >= 11 is 1.66. The first kappa shape index (κ1) is 21.2. The third-order valence-electron chi connectivity index (χ3n) is 9.52. The predicted molar refractivity (Wildman–Crippen MR) is 120 cm³/mol. The van der Waals surface area contributed by atoms with Crippen LogP contribution in [-0.2, 0) is 16.1 Å². The van der Waals surface area contributed by atoms with Crippen molar-refractivity contribution in [3.8, 4) is 0 Å². The van der Waals surface area contributed by atoms with Gasteiger partial charge in [-0.1, -0.05) is 13.8 Å². The molecule has 0 bridgehead atoms. The summed E-state index contributed by atoms with van der Waals surface area (Å²) in [5, 5.41) is 7.32. The van der Waals surface area contributed by atoms with E-state index in [-0.39, 0.29) is 28.7 Å². The van der Waals surface area contributed by atoms with Crippen LogP contribution in [0.25, 0.3) is 0 Å². The highest BCUT2D eigenvalue weighted by molar-refractivity contribution is 7.07. The number of amides is 2. The van der Waals surface area contributed by atoms with Crippen molar-refractivity contribution in [1.29, 1.82) is 0 Å². The summed E-state index contributed by atoms with van der Waals surface area (Å²) in [6, 6.07) is 2.14. The molecule has 2 heterocycles. The van der Waals surface area contributed by atoms with Gasteiger partial charge in [0, 0.05) is 31.0 Å². The first-order chi connectivity index (χ1) is 14.8. The number of halogens is 1. The Hall–Kier alpha value is -1.69. The number of rotatable bonds is 3. The summed E-state index contributed by atoms with van der Waals surface area (Å²) in [6.45, 7) is 5.10. The van der Waals surface area contributed by atoms with Gasteiger partial charge in [-0.3, -0.25) is 9.59 Å². The highest BCUT2D eigenvalue weighted by Gasteiger charge is 2.62. The highest BCUT2D eigenvalue weighted by atomic mass is 32.1. The van der Waals surface area contributed by atoms with Crippen molar-refractivity contribution in [2.24, 2.45) is 34.5 Å². The van der Waals surface area contributed by atoms with E-state index in [1.165, 1.54) is 0 Å². The lowest BCUT2D eigenvalue weighted by Gasteiger charge is -2.60. The topological polar surface area (TPSA) is 49.4 Å². The summed E-state index contributed by atoms with van der Waals surface area (Å²) in [5.41, 5.74) is 0.871. The number of carbonyl (C=O) groups is 2. The van der Waals surface area contributed by atoms with Crippen LogP contribution < -0.4 is 5.32 Å². The molecule has 6 heteroatoms. The van der Waals surface area contributed by atoms with Gasteiger partial charge in [0.15, 0.2) is 5.83 Å². The lowest BCUT2D eigenvalue weighted by molar-refractivity contribution is -0.145. The van der Waals surface area contributed by atoms with Crippen molar-refractivity contribution in [3.05, 3.63) is 34.3 Å². The van der Waals surface area contributed by atoms with Crippen LogP contribution in [-0.4, -0.2) is 29.8 Å². The lowest BCUT2D eigenvalue weighted by atomic mass is 9.47. The highest BCUT2D eigenvalue weighted by Crippen LogP contribution is 2.65. The van der Waals surface area contributed by atoms with Crippen LogP contribution in [0.2, 0.25) is 0 Å². The van der Waals surface area contributed by atoms with Crippen molar-refractivity contribution in [2.75, 3.05) is 7.05 Å². The van der Waals surface area contributed by atoms with E-state index >= 15 is 0 Å². The molecule has 1 aromatic heterocycles. The van der Waals surface area contributed by atoms with E-state index in [2.05, 4.69) is 30.6 Å². The molecule has 0 spiro atoms. The van der Waals surface area contributed by atoms with E-state index < -0.39 is 11.7 Å². The maximum absolute atomic E-state index is 14.5. The van der Waals surface area contributed by atoms with Crippen LogP contribution in [0.1, 0.15) is 57.9 Å². The monoisotopic (exact) mass is 444 g/mol. The summed E-state index contributed by atoms with van der Waals surface area (Å²) in [6.07, 6.45) is 7.68. The molecule has 0 saturated heterocycles. The second kappa shape index (κ2) is 7.43. The van der Waals surface area contributed by atoms with Crippen molar-refractivity contribution >= 4 is 23.2 Å². The third-order valence-corrected chi connectivity index (χ3v) is 10.3. The van der Waals surface area contributed by atoms with Gasteiger partial charge in [-0.25, -0.2) is 4.39 Å². The summed E-state index contributed by atoms with van der Waals surface area (Å²) in [5.74, 6) is 0.574. The van der Waals surface area contributed by atoms with E-state index in [0.717, 1.165) is 44.1 Å². The Bertz CT molecular complexity index is 915. The molecule has 2 amide bonds. The van der Waals surface area contributed by atoms with Crippen LogP contribution in [0.15, 0.2) is 28.7 Å². The van der Waals surface area contributed by atoms with E-state index in [9.17, 15) is 14.0 Å². The van der Waals surface area contributed by atoms with Gasteiger partial charge in [-0.15, -0.1) is 0 Å². The standard InChI is InChI=1S/C25H33FN2O2S/c1-24-10-8-18-16(4-7-21-25(18,2)12-20(26)23(30)28(21)3)17(24)5-6-19(24)22(29)27-13-15-9-11-31-14-15/h9,11-12,14,16-19,21H,4-8,10,13H2,1-3H3,(H,27,29)/t16-,17-,18+,19?,21?,24-,25+/m0/s1. The number of carbonyl (C=O) groups excluding carboxylic acids is 2. The number of hydrogen-bond donors (Lipinski definition) is 1. The Labute approximate surface area is 188 Å². The van der Waals surface area contributed by atoms with Gasteiger partial charge in [0.25, 0.3) is 5.91 Å². The van der Waals surface area contributed by atoms with Crippen LogP contribution in [0.5, 0.6) is 0 Å². The fourth-order valence-electron chi connectivity index (χ4n) is 7.97. The van der Waals surface area contributed by atoms with Crippen LogP contribution in [0, 0.1) is 34.5 Å². The van der Waals surface area contributed by atoms with Gasteiger partial charge >= 0.3 is 0 Å². The van der Waals surface area contributed by atoms with Gasteiger partial charge < -0.3 is 10.2 Å². The molecule has 3 aliphatic carbocycles. The number of fused-ring (bicyclic) bond motifs is 5. The van der Waals surface area contributed by atoms with Crippen molar-refractivity contribution < 1.29 is 14.0 Å². The van der Waals surface area contributed by atoms with Gasteiger partial charge in [0.1, 0.15) is 0 Å². The first-order valence-corrected chi connectivity index (χ1v) is 12.6. The molecule has 4 aliphatic rings. The maximum Gasteiger partial charge on any atom is 0.282 e. The molecular weight excluding hydrogens is 411 g/mol. The van der Waals surface area contributed by atoms with Crippen molar-refractivity contribution in [2.45, 2.75) is 65.0 Å². The lowest BCUT2D eigenvalue weighted by Crippen LogP contribution is -2.60. The Morgan fingerprint density at radius 3 is 2.77 bits per heavy atom. The quantitative estimate of drug-likeness (QED) is 0.720. The van der Waals surface area contributed by atoms with E-state index in [1.54, 1.807) is 29.4 Å². The van der Waals surface area contributed by atoms with Crippen molar-refractivity contribution in [1.82, 2.24) is 10.2 Å². The summed E-state index contributed by atoms with van der Waals surface area (Å²) in [7, 11) is 1.76. The molecular formula is C25H33FN2O2S. The second-order valence-electron chi connectivity index (χ2n) is 10.8. The molecule has 0 aromatic carbocycles. The van der Waals surface area contributed by atoms with Gasteiger partial charge in [0.05, 0.1) is 0 Å². The Balaban J connectivity index is 1.36. The molecule has 1 N–H and O–H groups in total. The first-order valence-electron chi connectivity index (χ1n) is 11.7. The molecule has 2 unspecified atom stereocenters.